The predicted octanol–water partition coefficient (Wildman–Crippen LogP) is 3.00. The summed E-state index contributed by atoms with van der Waals surface area (Å²) in [6.07, 6.45) is 4.55. The van der Waals surface area contributed by atoms with E-state index in [1.54, 1.807) is 0 Å². The number of pyridine rings is 1. The molecular formula is C13H19BrN2. The number of nitrogens with zero attached hydrogens (tertiary/aromatic N) is 2. The van der Waals surface area contributed by atoms with Gasteiger partial charge in [-0.05, 0) is 43.9 Å². The largest absolute Gasteiger partial charge is 0.297 e. The number of hydrogen-bond donors (Lipinski definition) is 0. The van der Waals surface area contributed by atoms with Crippen LogP contribution in [0.25, 0.3) is 0 Å². The maximum Gasteiger partial charge on any atom is 0.0573 e. The second kappa shape index (κ2) is 5.78. The monoisotopic (exact) mass is 282 g/mol. The van der Waals surface area contributed by atoms with E-state index < -0.39 is 0 Å². The molecule has 0 amide bonds. The minimum atomic E-state index is 0.878. The second-order valence-corrected chi connectivity index (χ2v) is 5.43. The predicted molar refractivity (Wildman–Crippen MR) is 70.8 cm³/mol. The highest BCUT2D eigenvalue weighted by Gasteiger charge is 2.22. The number of rotatable bonds is 4. The molecule has 2 heterocycles. The first-order valence-corrected chi connectivity index (χ1v) is 7.10. The molecule has 1 aromatic heterocycles. The van der Waals surface area contributed by atoms with Gasteiger partial charge in [-0.15, -0.1) is 0 Å². The zero-order chi connectivity index (χ0) is 11.4. The van der Waals surface area contributed by atoms with Crippen LogP contribution in [0.5, 0.6) is 0 Å². The molecule has 1 saturated heterocycles. The third-order valence-corrected chi connectivity index (χ3v) is 3.84. The summed E-state index contributed by atoms with van der Waals surface area (Å²) in [5, 5.41) is 1.13. The number of likely N-dealkylation sites (tertiary alicyclic amines) is 1. The van der Waals surface area contributed by atoms with Crippen LogP contribution in [-0.4, -0.2) is 28.3 Å². The molecule has 0 aromatic carbocycles. The van der Waals surface area contributed by atoms with E-state index in [4.69, 9.17) is 0 Å². The van der Waals surface area contributed by atoms with Gasteiger partial charge in [-0.3, -0.25) is 9.88 Å². The molecule has 1 aromatic rings. The molecular weight excluding hydrogens is 264 g/mol. The van der Waals surface area contributed by atoms with Gasteiger partial charge in [0.15, 0.2) is 0 Å². The quantitative estimate of drug-likeness (QED) is 0.790. The zero-order valence-corrected chi connectivity index (χ0v) is 11.4. The third kappa shape index (κ3) is 3.05. The van der Waals surface area contributed by atoms with Crippen LogP contribution in [0.3, 0.4) is 0 Å². The van der Waals surface area contributed by atoms with Crippen LogP contribution in [-0.2, 0) is 6.54 Å². The van der Waals surface area contributed by atoms with E-state index in [0.717, 1.165) is 17.8 Å². The van der Waals surface area contributed by atoms with Crippen LogP contribution in [0, 0.1) is 12.8 Å². The van der Waals surface area contributed by atoms with E-state index in [-0.39, 0.29) is 0 Å². The molecule has 88 valence electrons. The second-order valence-electron chi connectivity index (χ2n) is 4.63. The highest BCUT2D eigenvalue weighted by atomic mass is 79.9. The lowest BCUT2D eigenvalue weighted by Gasteiger charge is -2.16. The Balaban J connectivity index is 1.90. The normalized spacial score (nSPS) is 21.5. The van der Waals surface area contributed by atoms with Crippen molar-refractivity contribution in [3.63, 3.8) is 0 Å². The number of aromatic nitrogens is 1. The summed E-state index contributed by atoms with van der Waals surface area (Å²) in [5.74, 6) is 0.878. The van der Waals surface area contributed by atoms with Gasteiger partial charge < -0.3 is 0 Å². The molecule has 0 radical (unpaired) electrons. The fourth-order valence-corrected chi connectivity index (χ4v) is 2.99. The lowest BCUT2D eigenvalue weighted by molar-refractivity contribution is 0.311. The van der Waals surface area contributed by atoms with E-state index >= 15 is 0 Å². The SMILES string of the molecule is Cc1cccnc1CN1CCC(CCBr)C1. The fourth-order valence-electron chi connectivity index (χ4n) is 2.34. The Kier molecular flexibility index (Phi) is 4.36. The molecule has 0 aliphatic carbocycles. The summed E-state index contributed by atoms with van der Waals surface area (Å²) in [6.45, 7) is 5.63. The average molecular weight is 283 g/mol. The molecule has 1 atom stereocenters. The van der Waals surface area contributed by atoms with E-state index in [1.165, 1.54) is 37.2 Å². The fraction of sp³-hybridized carbons (Fsp3) is 0.615. The van der Waals surface area contributed by atoms with Crippen LogP contribution in [0.1, 0.15) is 24.1 Å². The Labute approximate surface area is 106 Å². The van der Waals surface area contributed by atoms with Gasteiger partial charge in [-0.2, -0.15) is 0 Å². The van der Waals surface area contributed by atoms with Crippen molar-refractivity contribution < 1.29 is 0 Å². The topological polar surface area (TPSA) is 16.1 Å². The molecule has 1 aliphatic rings. The molecule has 1 unspecified atom stereocenters. The van der Waals surface area contributed by atoms with Crippen LogP contribution < -0.4 is 0 Å². The van der Waals surface area contributed by atoms with Crippen molar-refractivity contribution in [3.8, 4) is 0 Å². The summed E-state index contributed by atoms with van der Waals surface area (Å²) in [4.78, 5) is 6.99. The van der Waals surface area contributed by atoms with Crippen LogP contribution in [0.4, 0.5) is 0 Å². The Hall–Kier alpha value is -0.410. The maximum absolute atomic E-state index is 4.46. The Morgan fingerprint density at radius 1 is 1.56 bits per heavy atom. The van der Waals surface area contributed by atoms with E-state index in [2.05, 4.69) is 38.8 Å². The summed E-state index contributed by atoms with van der Waals surface area (Å²) < 4.78 is 0. The number of hydrogen-bond acceptors (Lipinski definition) is 2. The summed E-state index contributed by atoms with van der Waals surface area (Å²) >= 11 is 3.53. The number of aryl methyl sites for hydroxylation is 1. The zero-order valence-electron chi connectivity index (χ0n) is 9.82. The van der Waals surface area contributed by atoms with Gasteiger partial charge in [0.05, 0.1) is 5.69 Å². The van der Waals surface area contributed by atoms with Gasteiger partial charge in [0.1, 0.15) is 0 Å². The van der Waals surface area contributed by atoms with Gasteiger partial charge >= 0.3 is 0 Å². The van der Waals surface area contributed by atoms with Gasteiger partial charge in [-0.1, -0.05) is 22.0 Å². The lowest BCUT2D eigenvalue weighted by Crippen LogP contribution is -2.21. The number of alkyl halides is 1. The average Bonchev–Trinajstić information content (AvgIpc) is 2.70. The van der Waals surface area contributed by atoms with Crippen molar-refractivity contribution in [2.75, 3.05) is 18.4 Å². The first-order valence-electron chi connectivity index (χ1n) is 5.98. The van der Waals surface area contributed by atoms with Crippen LogP contribution >= 0.6 is 15.9 Å². The van der Waals surface area contributed by atoms with Gasteiger partial charge in [0.2, 0.25) is 0 Å². The summed E-state index contributed by atoms with van der Waals surface area (Å²) in [6, 6.07) is 4.16. The Bertz CT molecular complexity index is 340. The maximum atomic E-state index is 4.46. The summed E-state index contributed by atoms with van der Waals surface area (Å²) in [5.41, 5.74) is 2.55. The van der Waals surface area contributed by atoms with Crippen molar-refractivity contribution in [3.05, 3.63) is 29.6 Å². The lowest BCUT2D eigenvalue weighted by atomic mass is 10.1. The molecule has 0 bridgehead atoms. The smallest absolute Gasteiger partial charge is 0.0573 e. The first kappa shape index (κ1) is 12.1. The highest BCUT2D eigenvalue weighted by molar-refractivity contribution is 9.09. The third-order valence-electron chi connectivity index (χ3n) is 3.38. The molecule has 0 saturated carbocycles. The number of halogens is 1. The first-order chi connectivity index (χ1) is 7.79. The minimum absolute atomic E-state index is 0.878. The molecule has 0 N–H and O–H groups in total. The molecule has 2 rings (SSSR count). The highest BCUT2D eigenvalue weighted by Crippen LogP contribution is 2.22. The van der Waals surface area contributed by atoms with Crippen molar-refractivity contribution in [2.24, 2.45) is 5.92 Å². The van der Waals surface area contributed by atoms with Crippen LogP contribution in [0.2, 0.25) is 0 Å². The van der Waals surface area contributed by atoms with E-state index in [9.17, 15) is 0 Å². The molecule has 2 nitrogen and oxygen atoms in total. The molecule has 1 fully saturated rings. The molecule has 1 aliphatic heterocycles. The Morgan fingerprint density at radius 3 is 3.19 bits per heavy atom. The van der Waals surface area contributed by atoms with Crippen molar-refractivity contribution >= 4 is 15.9 Å². The van der Waals surface area contributed by atoms with Gasteiger partial charge in [-0.25, -0.2) is 0 Å². The Morgan fingerprint density at radius 2 is 2.44 bits per heavy atom. The van der Waals surface area contributed by atoms with E-state index in [0.29, 0.717) is 0 Å². The molecule has 16 heavy (non-hydrogen) atoms. The van der Waals surface area contributed by atoms with Gasteiger partial charge in [0, 0.05) is 24.6 Å². The van der Waals surface area contributed by atoms with Crippen molar-refractivity contribution in [1.82, 2.24) is 9.88 Å². The molecule has 3 heteroatoms. The molecule has 0 spiro atoms. The standard InChI is InChI=1S/C13H19BrN2/c1-11-3-2-7-15-13(11)10-16-8-5-12(9-16)4-6-14/h2-3,7,12H,4-6,8-10H2,1H3. The van der Waals surface area contributed by atoms with Crippen LogP contribution in [0.15, 0.2) is 18.3 Å². The minimum Gasteiger partial charge on any atom is -0.297 e. The summed E-state index contributed by atoms with van der Waals surface area (Å²) in [7, 11) is 0. The van der Waals surface area contributed by atoms with Crippen molar-refractivity contribution in [2.45, 2.75) is 26.3 Å². The van der Waals surface area contributed by atoms with Gasteiger partial charge in [0.25, 0.3) is 0 Å². The van der Waals surface area contributed by atoms with E-state index in [1.807, 2.05) is 12.3 Å². The van der Waals surface area contributed by atoms with Crippen molar-refractivity contribution in [1.29, 1.82) is 0 Å².